The molecule has 0 aromatic heterocycles. The number of carbonyl (C=O) groups is 2. The van der Waals surface area contributed by atoms with Gasteiger partial charge in [0.25, 0.3) is 0 Å². The maximum atomic E-state index is 12.5. The van der Waals surface area contributed by atoms with Crippen molar-refractivity contribution >= 4 is 12.1 Å². The van der Waals surface area contributed by atoms with Crippen molar-refractivity contribution in [1.29, 1.82) is 0 Å². The molecule has 7 nitrogen and oxygen atoms in total. The Morgan fingerprint density at radius 1 is 0.909 bits per heavy atom. The Kier molecular flexibility index (Phi) is 6.49. The van der Waals surface area contributed by atoms with E-state index in [-0.39, 0.29) is 18.9 Å². The van der Waals surface area contributed by atoms with Gasteiger partial charge in [-0.1, -0.05) is 54.6 Å². The third kappa shape index (κ3) is 4.62. The van der Waals surface area contributed by atoms with E-state index in [1.54, 1.807) is 18.2 Å². The summed E-state index contributed by atoms with van der Waals surface area (Å²) < 4.78 is 16.0. The van der Waals surface area contributed by atoms with Gasteiger partial charge in [0.15, 0.2) is 11.5 Å². The van der Waals surface area contributed by atoms with Crippen molar-refractivity contribution in [1.82, 2.24) is 5.32 Å². The normalized spacial score (nSPS) is 12.9. The predicted octanol–water partition coefficient (Wildman–Crippen LogP) is 4.24. The Morgan fingerprint density at radius 2 is 1.52 bits per heavy atom. The monoisotopic (exact) mass is 447 g/mol. The largest absolute Gasteiger partial charge is 0.493 e. The van der Waals surface area contributed by atoms with Crippen molar-refractivity contribution in [3.05, 3.63) is 83.4 Å². The number of carbonyl (C=O) groups excluding carboxylic acids is 1. The van der Waals surface area contributed by atoms with Gasteiger partial charge >= 0.3 is 12.1 Å². The molecule has 0 saturated heterocycles. The SMILES string of the molecule is COc1ccc(C[C@@H](NC(=O)OCC2c3ccccc3-c3ccccc32)C(=O)O)cc1OC. The van der Waals surface area contributed by atoms with Crippen molar-refractivity contribution in [3.63, 3.8) is 0 Å². The lowest BCUT2D eigenvalue weighted by Gasteiger charge is -2.18. The van der Waals surface area contributed by atoms with Gasteiger partial charge in [0.05, 0.1) is 14.2 Å². The maximum Gasteiger partial charge on any atom is 0.407 e. The molecule has 0 unspecified atom stereocenters. The molecule has 0 aliphatic heterocycles. The van der Waals surface area contributed by atoms with Gasteiger partial charge in [-0.3, -0.25) is 0 Å². The third-order valence-electron chi connectivity index (χ3n) is 5.82. The number of hydrogen-bond donors (Lipinski definition) is 2. The minimum atomic E-state index is -1.15. The lowest BCUT2D eigenvalue weighted by atomic mass is 9.98. The standard InChI is InChI=1S/C26H25NO6/c1-31-23-12-11-16(14-24(23)32-2)13-22(25(28)29)27-26(30)33-15-21-19-9-5-3-7-17(19)18-8-4-6-10-20(18)21/h3-12,14,21-22H,13,15H2,1-2H3,(H,27,30)(H,28,29)/t22-/m1/s1. The van der Waals surface area contributed by atoms with E-state index in [2.05, 4.69) is 17.4 Å². The molecule has 0 radical (unpaired) electrons. The van der Waals surface area contributed by atoms with Gasteiger partial charge in [0.2, 0.25) is 0 Å². The van der Waals surface area contributed by atoms with Crippen molar-refractivity contribution in [2.45, 2.75) is 18.4 Å². The molecule has 4 rings (SSSR count). The Morgan fingerprint density at radius 3 is 2.09 bits per heavy atom. The first-order valence-corrected chi connectivity index (χ1v) is 10.6. The maximum absolute atomic E-state index is 12.5. The number of carboxylic acids is 1. The molecule has 1 aliphatic carbocycles. The summed E-state index contributed by atoms with van der Waals surface area (Å²) >= 11 is 0. The highest BCUT2D eigenvalue weighted by molar-refractivity contribution is 5.81. The Hall–Kier alpha value is -4.00. The van der Waals surface area contributed by atoms with E-state index in [1.807, 2.05) is 36.4 Å². The van der Waals surface area contributed by atoms with Crippen LogP contribution in [0.15, 0.2) is 66.7 Å². The molecule has 3 aromatic rings. The number of amides is 1. The molecule has 0 spiro atoms. The van der Waals surface area contributed by atoms with Gasteiger partial charge in [0.1, 0.15) is 12.6 Å². The van der Waals surface area contributed by atoms with E-state index in [1.165, 1.54) is 14.2 Å². The number of aliphatic carboxylic acids is 1. The zero-order valence-corrected chi connectivity index (χ0v) is 18.4. The van der Waals surface area contributed by atoms with E-state index in [4.69, 9.17) is 14.2 Å². The summed E-state index contributed by atoms with van der Waals surface area (Å²) in [5, 5.41) is 12.1. The van der Waals surface area contributed by atoms with Crippen molar-refractivity contribution in [2.24, 2.45) is 0 Å². The summed E-state index contributed by atoms with van der Waals surface area (Å²) in [5.41, 5.74) is 5.11. The second kappa shape index (κ2) is 9.65. The fourth-order valence-corrected chi connectivity index (χ4v) is 4.23. The molecule has 0 heterocycles. The first-order chi connectivity index (χ1) is 16.0. The Bertz CT molecular complexity index is 1130. The zero-order valence-electron chi connectivity index (χ0n) is 18.4. The third-order valence-corrected chi connectivity index (χ3v) is 5.82. The van der Waals surface area contributed by atoms with Crippen LogP contribution in [-0.4, -0.2) is 44.0 Å². The van der Waals surface area contributed by atoms with Crippen LogP contribution in [0, 0.1) is 0 Å². The number of fused-ring (bicyclic) bond motifs is 3. The van der Waals surface area contributed by atoms with Crippen LogP contribution in [0.2, 0.25) is 0 Å². The van der Waals surface area contributed by atoms with E-state index in [9.17, 15) is 14.7 Å². The number of ether oxygens (including phenoxy) is 3. The minimum Gasteiger partial charge on any atom is -0.493 e. The van der Waals surface area contributed by atoms with E-state index < -0.39 is 18.1 Å². The first-order valence-electron chi connectivity index (χ1n) is 10.6. The van der Waals surface area contributed by atoms with Gasteiger partial charge in [0, 0.05) is 12.3 Å². The van der Waals surface area contributed by atoms with Crippen molar-refractivity contribution in [2.75, 3.05) is 20.8 Å². The molecule has 0 bridgehead atoms. The lowest BCUT2D eigenvalue weighted by Crippen LogP contribution is -2.42. The lowest BCUT2D eigenvalue weighted by molar-refractivity contribution is -0.139. The van der Waals surface area contributed by atoms with Crippen molar-refractivity contribution in [3.8, 4) is 22.6 Å². The van der Waals surface area contributed by atoms with Crippen LogP contribution in [0.3, 0.4) is 0 Å². The quantitative estimate of drug-likeness (QED) is 0.537. The minimum absolute atomic E-state index is 0.0693. The highest BCUT2D eigenvalue weighted by atomic mass is 16.5. The summed E-state index contributed by atoms with van der Waals surface area (Å²) in [4.78, 5) is 24.3. The molecular weight excluding hydrogens is 422 g/mol. The second-order valence-corrected chi connectivity index (χ2v) is 7.75. The second-order valence-electron chi connectivity index (χ2n) is 7.75. The number of rotatable bonds is 8. The van der Waals surface area contributed by atoms with E-state index >= 15 is 0 Å². The molecule has 1 amide bonds. The summed E-state index contributed by atoms with van der Waals surface area (Å²) in [6.45, 7) is 0.114. The van der Waals surface area contributed by atoms with E-state index in [0.717, 1.165) is 22.3 Å². The molecule has 2 N–H and O–H groups in total. The molecule has 170 valence electrons. The number of nitrogens with one attached hydrogen (secondary N) is 1. The number of benzene rings is 3. The molecule has 1 aliphatic rings. The highest BCUT2D eigenvalue weighted by Gasteiger charge is 2.29. The van der Waals surface area contributed by atoms with Gasteiger partial charge < -0.3 is 24.6 Å². The average molecular weight is 447 g/mol. The molecule has 7 heteroatoms. The summed E-state index contributed by atoms with van der Waals surface area (Å²) in [5.74, 6) is -0.228. The topological polar surface area (TPSA) is 94.1 Å². The fourth-order valence-electron chi connectivity index (χ4n) is 4.23. The van der Waals surface area contributed by atoms with Crippen LogP contribution >= 0.6 is 0 Å². The van der Waals surface area contributed by atoms with Crippen LogP contribution < -0.4 is 14.8 Å². The first kappa shape index (κ1) is 22.2. The van der Waals surface area contributed by atoms with Crippen LogP contribution in [0.4, 0.5) is 4.79 Å². The number of methoxy groups -OCH3 is 2. The summed E-state index contributed by atoms with van der Waals surface area (Å²) in [6, 6.07) is 20.0. The molecule has 3 aromatic carbocycles. The summed E-state index contributed by atoms with van der Waals surface area (Å²) in [7, 11) is 3.03. The van der Waals surface area contributed by atoms with Gasteiger partial charge in [-0.2, -0.15) is 0 Å². The van der Waals surface area contributed by atoms with Crippen molar-refractivity contribution < 1.29 is 28.9 Å². The molecule has 1 atom stereocenters. The predicted molar refractivity (Wildman–Crippen MR) is 123 cm³/mol. The van der Waals surface area contributed by atoms with Gasteiger partial charge in [-0.05, 0) is 39.9 Å². The molecule has 0 saturated carbocycles. The van der Waals surface area contributed by atoms with Crippen LogP contribution in [-0.2, 0) is 16.0 Å². The highest BCUT2D eigenvalue weighted by Crippen LogP contribution is 2.44. The van der Waals surface area contributed by atoms with Gasteiger partial charge in [-0.25, -0.2) is 9.59 Å². The van der Waals surface area contributed by atoms with E-state index in [0.29, 0.717) is 17.1 Å². The average Bonchev–Trinajstić information content (AvgIpc) is 3.16. The smallest absolute Gasteiger partial charge is 0.407 e. The zero-order chi connectivity index (χ0) is 23.4. The number of hydrogen-bond acceptors (Lipinski definition) is 5. The molecule has 33 heavy (non-hydrogen) atoms. The fraction of sp³-hybridized carbons (Fsp3) is 0.231. The van der Waals surface area contributed by atoms with Crippen LogP contribution in [0.1, 0.15) is 22.6 Å². The Balaban J connectivity index is 1.43. The molecular formula is C26H25NO6. The van der Waals surface area contributed by atoms with Crippen LogP contribution in [0.25, 0.3) is 11.1 Å². The van der Waals surface area contributed by atoms with Crippen LogP contribution in [0.5, 0.6) is 11.5 Å². The number of alkyl carbamates (subject to hydrolysis) is 1. The Labute approximate surface area is 191 Å². The summed E-state index contributed by atoms with van der Waals surface area (Å²) in [6.07, 6.45) is -0.704. The molecule has 0 fully saturated rings. The van der Waals surface area contributed by atoms with Gasteiger partial charge in [-0.15, -0.1) is 0 Å². The number of carboxylic acid groups (broad SMARTS) is 1.